The Hall–Kier alpha value is -4.64. The number of hydrogen-bond acceptors (Lipinski definition) is 5. The maximum absolute atomic E-state index is 12.7. The fourth-order valence-electron chi connectivity index (χ4n) is 3.57. The second-order valence-electron chi connectivity index (χ2n) is 7.64. The second-order valence-corrected chi connectivity index (χ2v) is 7.64. The second kappa shape index (κ2) is 11.0. The Bertz CT molecular complexity index is 1360. The summed E-state index contributed by atoms with van der Waals surface area (Å²) in [6.45, 7) is 0. The first-order valence-electron chi connectivity index (χ1n) is 11.0. The Morgan fingerprint density at radius 2 is 1.31 bits per heavy atom. The number of ether oxygens (including phenoxy) is 3. The van der Waals surface area contributed by atoms with Crippen LogP contribution in [0.15, 0.2) is 103 Å². The normalized spacial score (nSPS) is 10.7. The lowest BCUT2D eigenvalue weighted by molar-refractivity contribution is 0.0726. The number of para-hydroxylation sites is 1. The molecule has 0 N–H and O–H groups in total. The molecule has 0 saturated heterocycles. The zero-order chi connectivity index (χ0) is 24.6. The molecule has 0 radical (unpaired) electrons. The highest BCUT2D eigenvalue weighted by Crippen LogP contribution is 2.30. The molecule has 0 aliphatic carbocycles. The molecule has 0 atom stereocenters. The summed E-state index contributed by atoms with van der Waals surface area (Å²) in [4.78, 5) is 25.3. The van der Waals surface area contributed by atoms with Gasteiger partial charge in [-0.2, -0.15) is 0 Å². The predicted octanol–water partition coefficient (Wildman–Crippen LogP) is 6.49. The minimum Gasteiger partial charge on any atom is -0.496 e. The van der Waals surface area contributed by atoms with Gasteiger partial charge in [0.1, 0.15) is 11.3 Å². The van der Waals surface area contributed by atoms with E-state index >= 15 is 0 Å². The summed E-state index contributed by atoms with van der Waals surface area (Å²) in [5, 5.41) is 0. The van der Waals surface area contributed by atoms with Crippen LogP contribution in [0.3, 0.4) is 0 Å². The number of benzene rings is 4. The summed E-state index contributed by atoms with van der Waals surface area (Å²) >= 11 is 0. The van der Waals surface area contributed by atoms with Gasteiger partial charge in [0, 0.05) is 5.56 Å². The monoisotopic (exact) mass is 464 g/mol. The van der Waals surface area contributed by atoms with Crippen molar-refractivity contribution < 1.29 is 23.8 Å². The third kappa shape index (κ3) is 5.65. The highest BCUT2D eigenvalue weighted by atomic mass is 16.6. The molecule has 5 heteroatoms. The summed E-state index contributed by atoms with van der Waals surface area (Å²) in [7, 11) is 2.98. The fraction of sp³-hybridized carbons (Fsp3) is 0.0667. The first kappa shape index (κ1) is 23.5. The summed E-state index contributed by atoms with van der Waals surface area (Å²) < 4.78 is 16.2. The van der Waals surface area contributed by atoms with Crippen molar-refractivity contribution in [3.63, 3.8) is 0 Å². The quantitative estimate of drug-likeness (QED) is 0.129. The molecular formula is C30H24O5. The summed E-state index contributed by atoms with van der Waals surface area (Å²) in [5.41, 5.74) is 3.78. The van der Waals surface area contributed by atoms with Gasteiger partial charge in [-0.3, -0.25) is 4.79 Å². The van der Waals surface area contributed by atoms with Gasteiger partial charge in [-0.05, 0) is 47.0 Å². The molecule has 0 heterocycles. The number of carbonyl (C=O) groups excluding carboxylic acids is 2. The molecular weight excluding hydrogens is 440 g/mol. The van der Waals surface area contributed by atoms with E-state index in [1.807, 2.05) is 54.6 Å². The van der Waals surface area contributed by atoms with Crippen molar-refractivity contribution in [2.24, 2.45) is 0 Å². The Balaban J connectivity index is 1.46. The molecule has 0 aliphatic heterocycles. The van der Waals surface area contributed by atoms with E-state index in [-0.39, 0.29) is 11.5 Å². The summed E-state index contributed by atoms with van der Waals surface area (Å²) in [6.07, 6.45) is 3.20. The van der Waals surface area contributed by atoms with E-state index in [4.69, 9.17) is 14.2 Å². The lowest BCUT2D eigenvalue weighted by atomic mass is 10.0. The average molecular weight is 465 g/mol. The molecule has 174 valence electrons. The van der Waals surface area contributed by atoms with E-state index in [9.17, 15) is 9.59 Å². The van der Waals surface area contributed by atoms with Crippen LogP contribution >= 0.6 is 0 Å². The van der Waals surface area contributed by atoms with Crippen molar-refractivity contribution in [3.8, 4) is 28.4 Å². The summed E-state index contributed by atoms with van der Waals surface area (Å²) in [6, 6.07) is 29.4. The number of rotatable bonds is 8. The van der Waals surface area contributed by atoms with Crippen LogP contribution in [-0.4, -0.2) is 26.0 Å². The standard InChI is InChI=1S/C30H24O5/c1-33-27-11-7-6-10-25(27)30(32)35-28-19-13-21(20-29(28)34-2)12-18-26(31)24-16-14-23(15-17-24)22-8-4-3-5-9-22/h3-20H,1-2H3/b18-12+. The molecule has 35 heavy (non-hydrogen) atoms. The van der Waals surface area contributed by atoms with Gasteiger partial charge < -0.3 is 14.2 Å². The number of methoxy groups -OCH3 is 2. The number of hydrogen-bond donors (Lipinski definition) is 0. The van der Waals surface area contributed by atoms with E-state index < -0.39 is 5.97 Å². The van der Waals surface area contributed by atoms with Crippen molar-refractivity contribution in [1.29, 1.82) is 0 Å². The van der Waals surface area contributed by atoms with Crippen LogP contribution in [0.4, 0.5) is 0 Å². The Morgan fingerprint density at radius 1 is 0.657 bits per heavy atom. The molecule has 4 rings (SSSR count). The van der Waals surface area contributed by atoms with Crippen molar-refractivity contribution >= 4 is 17.8 Å². The number of esters is 1. The molecule has 0 unspecified atom stereocenters. The topological polar surface area (TPSA) is 61.8 Å². The van der Waals surface area contributed by atoms with Crippen molar-refractivity contribution in [2.75, 3.05) is 14.2 Å². The maximum Gasteiger partial charge on any atom is 0.347 e. The van der Waals surface area contributed by atoms with Crippen LogP contribution in [0.2, 0.25) is 0 Å². The molecule has 0 amide bonds. The van der Waals surface area contributed by atoms with Crippen molar-refractivity contribution in [1.82, 2.24) is 0 Å². The van der Waals surface area contributed by atoms with Crippen LogP contribution in [-0.2, 0) is 0 Å². The molecule has 0 saturated carbocycles. The first-order valence-corrected chi connectivity index (χ1v) is 11.0. The highest BCUT2D eigenvalue weighted by molar-refractivity contribution is 6.07. The van der Waals surface area contributed by atoms with Gasteiger partial charge in [0.05, 0.1) is 14.2 Å². The number of carbonyl (C=O) groups is 2. The van der Waals surface area contributed by atoms with Crippen molar-refractivity contribution in [2.45, 2.75) is 0 Å². The van der Waals surface area contributed by atoms with E-state index in [1.54, 1.807) is 48.5 Å². The van der Waals surface area contributed by atoms with Crippen LogP contribution in [0.1, 0.15) is 26.3 Å². The molecule has 0 aliphatic rings. The zero-order valence-electron chi connectivity index (χ0n) is 19.4. The fourth-order valence-corrected chi connectivity index (χ4v) is 3.57. The Morgan fingerprint density at radius 3 is 2.03 bits per heavy atom. The highest BCUT2D eigenvalue weighted by Gasteiger charge is 2.16. The van der Waals surface area contributed by atoms with E-state index in [0.717, 1.165) is 16.7 Å². The molecule has 0 fully saturated rings. The van der Waals surface area contributed by atoms with Gasteiger partial charge in [0.15, 0.2) is 17.3 Å². The number of allylic oxidation sites excluding steroid dienone is 1. The number of ketones is 1. The molecule has 5 nitrogen and oxygen atoms in total. The lowest BCUT2D eigenvalue weighted by Crippen LogP contribution is -2.10. The van der Waals surface area contributed by atoms with Crippen LogP contribution in [0, 0.1) is 0 Å². The van der Waals surface area contributed by atoms with Gasteiger partial charge >= 0.3 is 5.97 Å². The van der Waals surface area contributed by atoms with E-state index in [2.05, 4.69) is 0 Å². The molecule has 4 aromatic carbocycles. The minimum atomic E-state index is -0.557. The largest absolute Gasteiger partial charge is 0.496 e. The smallest absolute Gasteiger partial charge is 0.347 e. The van der Waals surface area contributed by atoms with Gasteiger partial charge in [-0.15, -0.1) is 0 Å². The van der Waals surface area contributed by atoms with Crippen LogP contribution in [0.5, 0.6) is 17.2 Å². The minimum absolute atomic E-state index is 0.116. The van der Waals surface area contributed by atoms with Crippen LogP contribution in [0.25, 0.3) is 17.2 Å². The SMILES string of the molecule is COc1cc(/C=C/C(=O)c2ccc(-c3ccccc3)cc2)ccc1OC(=O)c1ccccc1OC. The van der Waals surface area contributed by atoms with E-state index in [1.165, 1.54) is 20.3 Å². The zero-order valence-corrected chi connectivity index (χ0v) is 19.4. The lowest BCUT2D eigenvalue weighted by Gasteiger charge is -2.11. The third-order valence-electron chi connectivity index (χ3n) is 5.42. The average Bonchev–Trinajstić information content (AvgIpc) is 2.92. The van der Waals surface area contributed by atoms with Gasteiger partial charge in [0.2, 0.25) is 0 Å². The Kier molecular flexibility index (Phi) is 7.38. The Labute approximate surface area is 204 Å². The van der Waals surface area contributed by atoms with Gasteiger partial charge in [-0.25, -0.2) is 4.79 Å². The predicted molar refractivity (Wildman–Crippen MR) is 136 cm³/mol. The molecule has 0 spiro atoms. The molecule has 0 bridgehead atoms. The van der Waals surface area contributed by atoms with Crippen LogP contribution < -0.4 is 14.2 Å². The van der Waals surface area contributed by atoms with E-state index in [0.29, 0.717) is 22.6 Å². The first-order chi connectivity index (χ1) is 17.1. The van der Waals surface area contributed by atoms with Crippen molar-refractivity contribution in [3.05, 3.63) is 120 Å². The molecule has 4 aromatic rings. The van der Waals surface area contributed by atoms with Gasteiger partial charge in [0.25, 0.3) is 0 Å². The third-order valence-corrected chi connectivity index (χ3v) is 5.42. The maximum atomic E-state index is 12.7. The summed E-state index contributed by atoms with van der Waals surface area (Å²) in [5.74, 6) is 0.387. The van der Waals surface area contributed by atoms with Gasteiger partial charge in [-0.1, -0.05) is 78.9 Å². The molecule has 0 aromatic heterocycles.